The Bertz CT molecular complexity index is 340. The molecular formula is C13H19NO. The van der Waals surface area contributed by atoms with Crippen molar-refractivity contribution in [1.82, 2.24) is 5.32 Å². The van der Waals surface area contributed by atoms with Crippen molar-refractivity contribution < 1.29 is 4.42 Å². The molecule has 2 fully saturated rings. The van der Waals surface area contributed by atoms with Crippen LogP contribution in [0.25, 0.3) is 0 Å². The fraction of sp³-hybridized carbons (Fsp3) is 0.692. The van der Waals surface area contributed by atoms with Crippen LogP contribution in [0.2, 0.25) is 0 Å². The highest BCUT2D eigenvalue weighted by Crippen LogP contribution is 2.47. The van der Waals surface area contributed by atoms with Crippen molar-refractivity contribution in [3.05, 3.63) is 23.7 Å². The van der Waals surface area contributed by atoms with Gasteiger partial charge >= 0.3 is 0 Å². The highest BCUT2D eigenvalue weighted by molar-refractivity contribution is 5.17. The lowest BCUT2D eigenvalue weighted by molar-refractivity contribution is 0.442. The highest BCUT2D eigenvalue weighted by atomic mass is 16.3. The second kappa shape index (κ2) is 3.67. The minimum absolute atomic E-state index is 0.710. The summed E-state index contributed by atoms with van der Waals surface area (Å²) in [6.07, 6.45) is 4.13. The Balaban J connectivity index is 1.49. The summed E-state index contributed by atoms with van der Waals surface area (Å²) < 4.78 is 5.82. The molecule has 2 atom stereocenters. The molecule has 0 amide bonds. The van der Waals surface area contributed by atoms with E-state index >= 15 is 0 Å². The number of hydrogen-bond acceptors (Lipinski definition) is 2. The van der Waals surface area contributed by atoms with Gasteiger partial charge in [-0.2, -0.15) is 0 Å². The van der Waals surface area contributed by atoms with Gasteiger partial charge in [0.15, 0.2) is 0 Å². The largest absolute Gasteiger partial charge is 0.464 e. The maximum Gasteiger partial charge on any atom is 0.117 e. The summed E-state index contributed by atoms with van der Waals surface area (Å²) >= 11 is 0. The lowest BCUT2D eigenvalue weighted by atomic mass is 10.3. The molecule has 2 nitrogen and oxygen atoms in total. The Morgan fingerprint density at radius 3 is 2.87 bits per heavy atom. The maximum atomic E-state index is 5.82. The van der Waals surface area contributed by atoms with E-state index in [0.29, 0.717) is 5.92 Å². The maximum absolute atomic E-state index is 5.82. The van der Waals surface area contributed by atoms with Crippen LogP contribution < -0.4 is 5.32 Å². The predicted molar refractivity (Wildman–Crippen MR) is 59.7 cm³/mol. The molecule has 1 aromatic heterocycles. The first-order valence-electron chi connectivity index (χ1n) is 6.12. The molecule has 1 heterocycles. The van der Waals surface area contributed by atoms with Gasteiger partial charge in [0.25, 0.3) is 0 Å². The molecule has 1 aromatic rings. The van der Waals surface area contributed by atoms with E-state index < -0.39 is 0 Å². The summed E-state index contributed by atoms with van der Waals surface area (Å²) in [7, 11) is 0. The Hall–Kier alpha value is -0.760. The summed E-state index contributed by atoms with van der Waals surface area (Å²) in [5.41, 5.74) is 0. The Morgan fingerprint density at radius 2 is 2.20 bits per heavy atom. The van der Waals surface area contributed by atoms with Crippen molar-refractivity contribution in [3.8, 4) is 0 Å². The minimum atomic E-state index is 0.710. The van der Waals surface area contributed by atoms with E-state index in [1.54, 1.807) is 0 Å². The third-order valence-corrected chi connectivity index (χ3v) is 3.59. The summed E-state index contributed by atoms with van der Waals surface area (Å²) in [5.74, 6) is 4.80. The molecule has 1 N–H and O–H groups in total. The first-order chi connectivity index (χ1) is 7.33. The molecule has 2 aliphatic rings. The number of rotatable bonds is 5. The van der Waals surface area contributed by atoms with Crippen LogP contribution in [0.1, 0.15) is 43.6 Å². The number of furan rings is 1. The SMILES string of the molecule is CC1CC1c1ccc(CNCC2CC2)o1. The van der Waals surface area contributed by atoms with E-state index in [1.807, 2.05) is 0 Å². The predicted octanol–water partition coefficient (Wildman–Crippen LogP) is 2.90. The van der Waals surface area contributed by atoms with E-state index in [1.165, 1.54) is 25.0 Å². The van der Waals surface area contributed by atoms with Gasteiger partial charge in [-0.05, 0) is 49.8 Å². The van der Waals surface area contributed by atoms with Crippen molar-refractivity contribution in [3.63, 3.8) is 0 Å². The van der Waals surface area contributed by atoms with Crippen LogP contribution in [0.5, 0.6) is 0 Å². The van der Waals surface area contributed by atoms with Gasteiger partial charge < -0.3 is 9.73 Å². The molecule has 0 radical (unpaired) electrons. The second-order valence-electron chi connectivity index (χ2n) is 5.20. The fourth-order valence-electron chi connectivity index (χ4n) is 2.13. The fourth-order valence-corrected chi connectivity index (χ4v) is 2.13. The third-order valence-electron chi connectivity index (χ3n) is 3.59. The lowest BCUT2D eigenvalue weighted by Crippen LogP contribution is -2.15. The smallest absolute Gasteiger partial charge is 0.117 e. The number of nitrogens with one attached hydrogen (secondary N) is 1. The normalized spacial score (nSPS) is 29.4. The molecule has 0 saturated heterocycles. The Labute approximate surface area is 91.0 Å². The van der Waals surface area contributed by atoms with Crippen LogP contribution >= 0.6 is 0 Å². The molecule has 2 heteroatoms. The van der Waals surface area contributed by atoms with Gasteiger partial charge in [-0.1, -0.05) is 6.92 Å². The van der Waals surface area contributed by atoms with E-state index in [2.05, 4.69) is 24.4 Å². The van der Waals surface area contributed by atoms with Gasteiger partial charge in [0.05, 0.1) is 6.54 Å². The van der Waals surface area contributed by atoms with Gasteiger partial charge in [-0.15, -0.1) is 0 Å². The summed E-state index contributed by atoms with van der Waals surface area (Å²) in [5, 5.41) is 3.45. The van der Waals surface area contributed by atoms with Gasteiger partial charge in [-0.25, -0.2) is 0 Å². The molecule has 0 aliphatic heterocycles. The van der Waals surface area contributed by atoms with E-state index in [0.717, 1.165) is 30.7 Å². The first kappa shape index (κ1) is 9.46. The van der Waals surface area contributed by atoms with Crippen molar-refractivity contribution >= 4 is 0 Å². The number of hydrogen-bond donors (Lipinski definition) is 1. The zero-order valence-corrected chi connectivity index (χ0v) is 9.33. The van der Waals surface area contributed by atoms with Gasteiger partial charge in [0, 0.05) is 5.92 Å². The summed E-state index contributed by atoms with van der Waals surface area (Å²) in [6, 6.07) is 4.28. The molecule has 0 bridgehead atoms. The van der Waals surface area contributed by atoms with Crippen molar-refractivity contribution in [1.29, 1.82) is 0 Å². The standard InChI is InChI=1S/C13H19NO/c1-9-6-12(9)13-5-4-11(15-13)8-14-7-10-2-3-10/h4-5,9-10,12,14H,2-3,6-8H2,1H3. The van der Waals surface area contributed by atoms with Crippen LogP contribution in [0, 0.1) is 11.8 Å². The van der Waals surface area contributed by atoms with Gasteiger partial charge in [0.2, 0.25) is 0 Å². The van der Waals surface area contributed by atoms with Crippen molar-refractivity contribution in [2.24, 2.45) is 11.8 Å². The van der Waals surface area contributed by atoms with Crippen molar-refractivity contribution in [2.75, 3.05) is 6.54 Å². The molecular weight excluding hydrogens is 186 g/mol. The quantitative estimate of drug-likeness (QED) is 0.799. The van der Waals surface area contributed by atoms with Crippen LogP contribution in [0.3, 0.4) is 0 Å². The summed E-state index contributed by atoms with van der Waals surface area (Å²) in [4.78, 5) is 0. The van der Waals surface area contributed by atoms with Gasteiger partial charge in [-0.3, -0.25) is 0 Å². The van der Waals surface area contributed by atoms with Crippen LogP contribution in [0.15, 0.2) is 16.5 Å². The van der Waals surface area contributed by atoms with Gasteiger partial charge in [0.1, 0.15) is 11.5 Å². The zero-order valence-electron chi connectivity index (χ0n) is 9.33. The molecule has 2 aliphatic carbocycles. The molecule has 15 heavy (non-hydrogen) atoms. The minimum Gasteiger partial charge on any atom is -0.464 e. The van der Waals surface area contributed by atoms with Crippen molar-refractivity contribution in [2.45, 2.75) is 38.6 Å². The van der Waals surface area contributed by atoms with Crippen LogP contribution in [-0.4, -0.2) is 6.54 Å². The first-order valence-corrected chi connectivity index (χ1v) is 6.12. The van der Waals surface area contributed by atoms with Crippen LogP contribution in [0.4, 0.5) is 0 Å². The van der Waals surface area contributed by atoms with Crippen LogP contribution in [-0.2, 0) is 6.54 Å². The average molecular weight is 205 g/mol. The third kappa shape index (κ3) is 2.25. The monoisotopic (exact) mass is 205 g/mol. The average Bonchev–Trinajstić information content (AvgIpc) is 3.11. The topological polar surface area (TPSA) is 25.2 Å². The molecule has 2 unspecified atom stereocenters. The molecule has 0 spiro atoms. The van der Waals surface area contributed by atoms with E-state index in [-0.39, 0.29) is 0 Å². The Morgan fingerprint density at radius 1 is 1.40 bits per heavy atom. The highest BCUT2D eigenvalue weighted by Gasteiger charge is 2.36. The summed E-state index contributed by atoms with van der Waals surface area (Å²) in [6.45, 7) is 4.35. The van der Waals surface area contributed by atoms with E-state index in [4.69, 9.17) is 4.42 Å². The van der Waals surface area contributed by atoms with E-state index in [9.17, 15) is 0 Å². The molecule has 3 rings (SSSR count). The zero-order chi connectivity index (χ0) is 10.3. The molecule has 82 valence electrons. The second-order valence-corrected chi connectivity index (χ2v) is 5.20. The Kier molecular flexibility index (Phi) is 2.32. The molecule has 2 saturated carbocycles. The lowest BCUT2D eigenvalue weighted by Gasteiger charge is -2.00. The molecule has 0 aromatic carbocycles.